The number of nitrogens with one attached hydrogen (secondary N) is 1. The Balaban J connectivity index is 2.02. The van der Waals surface area contributed by atoms with Crippen molar-refractivity contribution >= 4 is 43.5 Å². The summed E-state index contributed by atoms with van der Waals surface area (Å²) in [5, 5.41) is 2.85. The van der Waals surface area contributed by atoms with Gasteiger partial charge in [-0.1, -0.05) is 76.1 Å². The van der Waals surface area contributed by atoms with Crippen LogP contribution in [0.4, 0.5) is 5.69 Å². The third kappa shape index (κ3) is 8.16. The van der Waals surface area contributed by atoms with Crippen molar-refractivity contribution < 1.29 is 18.0 Å². The highest BCUT2D eigenvalue weighted by Crippen LogP contribution is 2.22. The molecule has 0 unspecified atom stereocenters. The van der Waals surface area contributed by atoms with E-state index in [1.807, 2.05) is 68.4 Å². The fraction of sp³-hybridized carbons (Fsp3) is 0.286. The summed E-state index contributed by atoms with van der Waals surface area (Å²) in [7, 11) is -3.78. The van der Waals surface area contributed by atoms with Crippen molar-refractivity contribution in [1.29, 1.82) is 0 Å². The summed E-state index contributed by atoms with van der Waals surface area (Å²) in [6.07, 6.45) is 1.36. The summed E-state index contributed by atoms with van der Waals surface area (Å²) in [5.41, 5.74) is 3.18. The first-order valence-electron chi connectivity index (χ1n) is 12.0. The zero-order valence-electron chi connectivity index (χ0n) is 21.2. The third-order valence-electron chi connectivity index (χ3n) is 5.89. The summed E-state index contributed by atoms with van der Waals surface area (Å²) in [6.45, 7) is 3.93. The number of halogens is 1. The molecule has 7 nitrogen and oxygen atoms in total. The van der Waals surface area contributed by atoms with E-state index < -0.39 is 28.5 Å². The van der Waals surface area contributed by atoms with Crippen molar-refractivity contribution in [3.05, 3.63) is 100 Å². The van der Waals surface area contributed by atoms with E-state index >= 15 is 0 Å². The first kappa shape index (κ1) is 28.4. The van der Waals surface area contributed by atoms with Gasteiger partial charge in [-0.3, -0.25) is 13.9 Å². The van der Waals surface area contributed by atoms with Gasteiger partial charge in [-0.15, -0.1) is 0 Å². The number of hydrogen-bond donors (Lipinski definition) is 1. The van der Waals surface area contributed by atoms with Crippen LogP contribution in [0.1, 0.15) is 23.6 Å². The molecule has 196 valence electrons. The topological polar surface area (TPSA) is 86.8 Å². The molecule has 0 radical (unpaired) electrons. The first-order chi connectivity index (χ1) is 17.6. The highest BCUT2D eigenvalue weighted by Gasteiger charge is 2.32. The van der Waals surface area contributed by atoms with Crippen molar-refractivity contribution in [2.45, 2.75) is 32.9 Å². The molecule has 0 saturated carbocycles. The Morgan fingerprint density at radius 1 is 0.919 bits per heavy atom. The van der Waals surface area contributed by atoms with Crippen LogP contribution in [0.3, 0.4) is 0 Å². The van der Waals surface area contributed by atoms with Gasteiger partial charge in [-0.05, 0) is 49.2 Å². The molecule has 1 atom stereocenters. The van der Waals surface area contributed by atoms with Gasteiger partial charge < -0.3 is 10.2 Å². The van der Waals surface area contributed by atoms with Crippen LogP contribution in [0.5, 0.6) is 0 Å². The number of carbonyl (C=O) groups excluding carboxylic acids is 2. The molecule has 3 rings (SSSR count). The van der Waals surface area contributed by atoms with Crippen LogP contribution in [0.2, 0.25) is 0 Å². The van der Waals surface area contributed by atoms with Crippen LogP contribution in [0.15, 0.2) is 83.3 Å². The van der Waals surface area contributed by atoms with Gasteiger partial charge >= 0.3 is 0 Å². The highest BCUT2D eigenvalue weighted by molar-refractivity contribution is 9.10. The van der Waals surface area contributed by atoms with Crippen molar-refractivity contribution in [1.82, 2.24) is 10.2 Å². The minimum atomic E-state index is -3.78. The zero-order valence-corrected chi connectivity index (χ0v) is 23.6. The smallest absolute Gasteiger partial charge is 0.244 e. The van der Waals surface area contributed by atoms with Crippen LogP contribution in [-0.4, -0.2) is 50.5 Å². The lowest BCUT2D eigenvalue weighted by molar-refractivity contribution is -0.140. The van der Waals surface area contributed by atoms with E-state index in [9.17, 15) is 18.0 Å². The summed E-state index contributed by atoms with van der Waals surface area (Å²) in [5.74, 6) is -0.762. The van der Waals surface area contributed by atoms with Gasteiger partial charge in [0.05, 0.1) is 11.9 Å². The molecule has 0 aliphatic rings. The third-order valence-corrected chi connectivity index (χ3v) is 7.56. The monoisotopic (exact) mass is 585 g/mol. The van der Waals surface area contributed by atoms with Crippen LogP contribution in [-0.2, 0) is 32.6 Å². The zero-order chi connectivity index (χ0) is 27.0. The molecule has 0 saturated heterocycles. The Hall–Kier alpha value is -3.17. The standard InChI is InChI=1S/C28H32BrN3O4S/c1-4-30-28(34)26(18-22-8-6-5-7-9-22)31(19-23-12-10-21(2)11-13-23)27(33)20-32(37(3,35)36)25-16-14-24(29)15-17-25/h5-17,26H,4,18-20H2,1-3H3,(H,30,34)/t26-/m0/s1. The van der Waals surface area contributed by atoms with Gasteiger partial charge in [-0.2, -0.15) is 0 Å². The lowest BCUT2D eigenvalue weighted by Gasteiger charge is -2.33. The highest BCUT2D eigenvalue weighted by atomic mass is 79.9. The average molecular weight is 587 g/mol. The Morgan fingerprint density at radius 2 is 1.54 bits per heavy atom. The molecule has 0 aromatic heterocycles. The molecule has 0 bridgehead atoms. The Labute approximate surface area is 227 Å². The predicted octanol–water partition coefficient (Wildman–Crippen LogP) is 4.30. The maximum absolute atomic E-state index is 13.9. The molecular formula is C28H32BrN3O4S. The second kappa shape index (κ2) is 12.9. The number of aryl methyl sites for hydroxylation is 1. The summed E-state index contributed by atoms with van der Waals surface area (Å²) in [6, 6.07) is 23.1. The quantitative estimate of drug-likeness (QED) is 0.363. The molecule has 0 spiro atoms. The summed E-state index contributed by atoms with van der Waals surface area (Å²) >= 11 is 3.35. The Bertz CT molecular complexity index is 1300. The van der Waals surface area contributed by atoms with Crippen molar-refractivity contribution in [2.75, 3.05) is 23.7 Å². The molecule has 3 aromatic carbocycles. The largest absolute Gasteiger partial charge is 0.355 e. The second-order valence-corrected chi connectivity index (χ2v) is 11.7. The van der Waals surface area contributed by atoms with Gasteiger partial charge in [-0.25, -0.2) is 8.42 Å². The van der Waals surface area contributed by atoms with Gasteiger partial charge in [0.25, 0.3) is 0 Å². The molecule has 2 amide bonds. The van der Waals surface area contributed by atoms with Crippen molar-refractivity contribution in [3.8, 4) is 0 Å². The fourth-order valence-corrected chi connectivity index (χ4v) is 5.07. The molecular weight excluding hydrogens is 554 g/mol. The van der Waals surface area contributed by atoms with Gasteiger partial charge in [0, 0.05) is 24.0 Å². The van der Waals surface area contributed by atoms with Crippen LogP contribution in [0, 0.1) is 6.92 Å². The van der Waals surface area contributed by atoms with Gasteiger partial charge in [0.1, 0.15) is 12.6 Å². The van der Waals surface area contributed by atoms with E-state index in [4.69, 9.17) is 0 Å². The van der Waals surface area contributed by atoms with Crippen LogP contribution < -0.4 is 9.62 Å². The minimum absolute atomic E-state index is 0.158. The molecule has 9 heteroatoms. The average Bonchev–Trinajstić information content (AvgIpc) is 2.86. The van der Waals surface area contributed by atoms with Crippen LogP contribution in [0.25, 0.3) is 0 Å². The van der Waals surface area contributed by atoms with E-state index in [-0.39, 0.29) is 12.5 Å². The lowest BCUT2D eigenvalue weighted by atomic mass is 10.0. The number of sulfonamides is 1. The minimum Gasteiger partial charge on any atom is -0.355 e. The molecule has 0 aliphatic heterocycles. The van der Waals surface area contributed by atoms with Crippen molar-refractivity contribution in [3.63, 3.8) is 0 Å². The van der Waals surface area contributed by atoms with E-state index in [2.05, 4.69) is 21.2 Å². The number of rotatable bonds is 11. The van der Waals surface area contributed by atoms with Gasteiger partial charge in [0.15, 0.2) is 0 Å². The number of carbonyl (C=O) groups is 2. The van der Waals surface area contributed by atoms with E-state index in [1.54, 1.807) is 24.3 Å². The van der Waals surface area contributed by atoms with Gasteiger partial charge in [0.2, 0.25) is 21.8 Å². The molecule has 0 heterocycles. The van der Waals surface area contributed by atoms with E-state index in [1.165, 1.54) is 4.90 Å². The number of hydrogen-bond acceptors (Lipinski definition) is 4. The Kier molecular flexibility index (Phi) is 9.88. The normalized spacial score (nSPS) is 12.0. The number of nitrogens with zero attached hydrogens (tertiary/aromatic N) is 2. The molecule has 0 aliphatic carbocycles. The number of likely N-dealkylation sites (N-methyl/N-ethyl adjacent to an activating group) is 1. The number of anilines is 1. The van der Waals surface area contributed by atoms with E-state index in [0.717, 1.165) is 31.7 Å². The lowest BCUT2D eigenvalue weighted by Crippen LogP contribution is -2.53. The molecule has 0 fully saturated rings. The Morgan fingerprint density at radius 3 is 2.11 bits per heavy atom. The van der Waals surface area contributed by atoms with Crippen molar-refractivity contribution in [2.24, 2.45) is 0 Å². The maximum Gasteiger partial charge on any atom is 0.244 e. The summed E-state index contributed by atoms with van der Waals surface area (Å²) in [4.78, 5) is 28.7. The van der Waals surface area contributed by atoms with E-state index in [0.29, 0.717) is 18.7 Å². The summed E-state index contributed by atoms with van der Waals surface area (Å²) < 4.78 is 27.3. The first-order valence-corrected chi connectivity index (χ1v) is 14.6. The molecule has 3 aromatic rings. The molecule has 37 heavy (non-hydrogen) atoms. The number of benzene rings is 3. The molecule has 1 N–H and O–H groups in total. The predicted molar refractivity (Wildman–Crippen MR) is 151 cm³/mol. The number of amides is 2. The maximum atomic E-state index is 13.9. The SMILES string of the molecule is CCNC(=O)[C@H](Cc1ccccc1)N(Cc1ccc(C)cc1)C(=O)CN(c1ccc(Br)cc1)S(C)(=O)=O. The fourth-order valence-electron chi connectivity index (χ4n) is 3.96. The second-order valence-electron chi connectivity index (χ2n) is 8.85. The van der Waals surface area contributed by atoms with Crippen LogP contribution >= 0.6 is 15.9 Å².